The molecule has 0 aliphatic carbocycles. The summed E-state index contributed by atoms with van der Waals surface area (Å²) >= 11 is 0. The van der Waals surface area contributed by atoms with Gasteiger partial charge in [0.05, 0.1) is 12.7 Å². The first-order valence-electron chi connectivity index (χ1n) is 7.66. The molecule has 0 bridgehead atoms. The van der Waals surface area contributed by atoms with Gasteiger partial charge in [0, 0.05) is 17.7 Å². The molecule has 6 nitrogen and oxygen atoms in total. The molecule has 2 rings (SSSR count). The van der Waals surface area contributed by atoms with Crippen LogP contribution >= 0.6 is 0 Å². The number of benzene rings is 1. The Morgan fingerprint density at radius 1 is 1.20 bits per heavy atom. The number of rotatable bonds is 5. The molecule has 128 valence electrons. The summed E-state index contributed by atoms with van der Waals surface area (Å²) in [7, 11) is 1.32. The van der Waals surface area contributed by atoms with Gasteiger partial charge in [-0.05, 0) is 38.1 Å². The topological polar surface area (TPSA) is 92.3 Å². The lowest BCUT2D eigenvalue weighted by molar-refractivity contribution is -0.117. The van der Waals surface area contributed by atoms with Crippen molar-refractivity contribution in [1.29, 1.82) is 5.26 Å². The van der Waals surface area contributed by atoms with Gasteiger partial charge in [-0.3, -0.25) is 4.79 Å². The number of nitrogens with zero attached hydrogens (tertiary/aromatic N) is 1. The van der Waals surface area contributed by atoms with Crippen LogP contribution in [0.4, 0.5) is 0 Å². The van der Waals surface area contributed by atoms with Gasteiger partial charge in [-0.15, -0.1) is 0 Å². The fraction of sp³-hybridized carbons (Fsp3) is 0.211. The predicted molar refractivity (Wildman–Crippen MR) is 92.4 cm³/mol. The zero-order chi connectivity index (χ0) is 18.4. The van der Waals surface area contributed by atoms with Crippen molar-refractivity contribution < 1.29 is 18.7 Å². The minimum Gasteiger partial charge on any atom is -0.465 e. The molecule has 0 aliphatic heterocycles. The molecule has 0 aliphatic rings. The zero-order valence-electron chi connectivity index (χ0n) is 14.2. The SMILES string of the molecule is COC(=O)c1ccc(-c2ccc(/C=C(/C#N)C(=O)NC(C)C)o2)cc1. The number of nitrogens with one attached hydrogen (secondary N) is 1. The third-order valence-corrected chi connectivity index (χ3v) is 3.29. The number of esters is 1. The van der Waals surface area contributed by atoms with Gasteiger partial charge >= 0.3 is 5.97 Å². The molecule has 1 aromatic heterocycles. The third kappa shape index (κ3) is 4.58. The Kier molecular flexibility index (Phi) is 5.75. The van der Waals surface area contributed by atoms with Gasteiger partial charge in [0.15, 0.2) is 0 Å². The predicted octanol–water partition coefficient (Wildman–Crippen LogP) is 3.16. The number of hydrogen-bond acceptors (Lipinski definition) is 5. The average molecular weight is 338 g/mol. The van der Waals surface area contributed by atoms with Gasteiger partial charge in [-0.1, -0.05) is 12.1 Å². The Labute approximate surface area is 145 Å². The molecule has 1 N–H and O–H groups in total. The van der Waals surface area contributed by atoms with Crippen molar-refractivity contribution in [3.05, 3.63) is 53.3 Å². The number of hydrogen-bond donors (Lipinski definition) is 1. The Bertz CT molecular complexity index is 839. The van der Waals surface area contributed by atoms with E-state index >= 15 is 0 Å². The van der Waals surface area contributed by atoms with Gasteiger partial charge < -0.3 is 14.5 Å². The van der Waals surface area contributed by atoms with E-state index < -0.39 is 11.9 Å². The van der Waals surface area contributed by atoms with Crippen LogP contribution in [0, 0.1) is 11.3 Å². The first-order chi connectivity index (χ1) is 11.9. The molecule has 1 heterocycles. The highest BCUT2D eigenvalue weighted by atomic mass is 16.5. The molecular formula is C19H18N2O4. The lowest BCUT2D eigenvalue weighted by atomic mass is 10.1. The maximum absolute atomic E-state index is 11.9. The van der Waals surface area contributed by atoms with Crippen molar-refractivity contribution in [3.63, 3.8) is 0 Å². The van der Waals surface area contributed by atoms with Gasteiger partial charge in [0.25, 0.3) is 5.91 Å². The van der Waals surface area contributed by atoms with E-state index in [0.717, 1.165) is 5.56 Å². The number of ether oxygens (including phenoxy) is 1. The van der Waals surface area contributed by atoms with Crippen LogP contribution < -0.4 is 5.32 Å². The van der Waals surface area contributed by atoms with Crippen molar-refractivity contribution in [2.24, 2.45) is 0 Å². The summed E-state index contributed by atoms with van der Waals surface area (Å²) in [5.74, 6) is 0.0917. The summed E-state index contributed by atoms with van der Waals surface area (Å²) in [6.07, 6.45) is 1.39. The molecule has 0 saturated heterocycles. The highest BCUT2D eigenvalue weighted by Gasteiger charge is 2.12. The van der Waals surface area contributed by atoms with Gasteiger partial charge in [0.1, 0.15) is 23.2 Å². The molecule has 1 amide bonds. The molecule has 1 aromatic carbocycles. The number of methoxy groups -OCH3 is 1. The first-order valence-corrected chi connectivity index (χ1v) is 7.66. The van der Waals surface area contributed by atoms with Crippen molar-refractivity contribution in [2.75, 3.05) is 7.11 Å². The standard InChI is InChI=1S/C19H18N2O4/c1-12(2)21-18(22)15(11-20)10-16-8-9-17(25-16)13-4-6-14(7-5-13)19(23)24-3/h4-10,12H,1-3H3,(H,21,22)/b15-10-. The van der Waals surface area contributed by atoms with E-state index in [1.807, 2.05) is 19.9 Å². The summed E-state index contributed by atoms with van der Waals surface area (Å²) in [6.45, 7) is 3.63. The Hall–Kier alpha value is -3.33. The molecule has 0 unspecified atom stereocenters. The van der Waals surface area contributed by atoms with E-state index in [1.54, 1.807) is 36.4 Å². The molecule has 25 heavy (non-hydrogen) atoms. The second-order valence-corrected chi connectivity index (χ2v) is 5.57. The van der Waals surface area contributed by atoms with Crippen molar-refractivity contribution in [3.8, 4) is 17.4 Å². The molecule has 0 fully saturated rings. The molecule has 2 aromatic rings. The van der Waals surface area contributed by atoms with E-state index in [1.165, 1.54) is 13.2 Å². The van der Waals surface area contributed by atoms with Gasteiger partial charge in [-0.2, -0.15) is 5.26 Å². The summed E-state index contributed by atoms with van der Waals surface area (Å²) in [6, 6.07) is 11.9. The maximum atomic E-state index is 11.9. The minimum absolute atomic E-state index is 0.0318. The van der Waals surface area contributed by atoms with Crippen LogP contribution in [-0.4, -0.2) is 25.0 Å². The largest absolute Gasteiger partial charge is 0.465 e. The van der Waals surface area contributed by atoms with Crippen LogP contribution in [0.25, 0.3) is 17.4 Å². The molecule has 6 heteroatoms. The number of amides is 1. The van der Waals surface area contributed by atoms with Gasteiger partial charge in [0.2, 0.25) is 0 Å². The monoisotopic (exact) mass is 338 g/mol. The number of carbonyl (C=O) groups is 2. The van der Waals surface area contributed by atoms with E-state index in [0.29, 0.717) is 17.1 Å². The minimum atomic E-state index is -0.446. The van der Waals surface area contributed by atoms with Crippen molar-refractivity contribution in [2.45, 2.75) is 19.9 Å². The van der Waals surface area contributed by atoms with Crippen LogP contribution in [0.15, 0.2) is 46.4 Å². The lowest BCUT2D eigenvalue weighted by Crippen LogP contribution is -2.30. The summed E-state index contributed by atoms with van der Waals surface area (Å²) in [4.78, 5) is 23.3. The number of nitriles is 1. The van der Waals surface area contributed by atoms with E-state index in [4.69, 9.17) is 9.68 Å². The fourth-order valence-electron chi connectivity index (χ4n) is 2.10. The average Bonchev–Trinajstić information content (AvgIpc) is 3.07. The molecule has 0 radical (unpaired) electrons. The van der Waals surface area contributed by atoms with Crippen molar-refractivity contribution in [1.82, 2.24) is 5.32 Å². The number of carbonyl (C=O) groups excluding carboxylic acids is 2. The molecular weight excluding hydrogens is 320 g/mol. The summed E-state index contributed by atoms with van der Waals surface area (Å²) in [5, 5.41) is 11.8. The van der Waals surface area contributed by atoms with Crippen LogP contribution in [0.1, 0.15) is 30.0 Å². The highest BCUT2D eigenvalue weighted by molar-refractivity contribution is 6.01. The van der Waals surface area contributed by atoms with Crippen LogP contribution in [0.5, 0.6) is 0 Å². The third-order valence-electron chi connectivity index (χ3n) is 3.29. The molecule has 0 spiro atoms. The Morgan fingerprint density at radius 2 is 1.88 bits per heavy atom. The first kappa shape index (κ1) is 18.0. The zero-order valence-corrected chi connectivity index (χ0v) is 14.2. The summed E-state index contributed by atoms with van der Waals surface area (Å²) in [5.41, 5.74) is 1.17. The van der Waals surface area contributed by atoms with Crippen LogP contribution in [0.3, 0.4) is 0 Å². The van der Waals surface area contributed by atoms with Gasteiger partial charge in [-0.25, -0.2) is 4.79 Å². The Morgan fingerprint density at radius 3 is 2.44 bits per heavy atom. The second-order valence-electron chi connectivity index (χ2n) is 5.57. The fourth-order valence-corrected chi connectivity index (χ4v) is 2.10. The normalized spacial score (nSPS) is 11.1. The smallest absolute Gasteiger partial charge is 0.337 e. The van der Waals surface area contributed by atoms with Crippen molar-refractivity contribution >= 4 is 18.0 Å². The summed E-state index contributed by atoms with van der Waals surface area (Å²) < 4.78 is 10.3. The van der Waals surface area contributed by atoms with Crippen LogP contribution in [0.2, 0.25) is 0 Å². The van der Waals surface area contributed by atoms with E-state index in [-0.39, 0.29) is 11.6 Å². The van der Waals surface area contributed by atoms with E-state index in [2.05, 4.69) is 10.1 Å². The van der Waals surface area contributed by atoms with E-state index in [9.17, 15) is 9.59 Å². The molecule has 0 atom stereocenters. The second kappa shape index (κ2) is 7.97. The lowest BCUT2D eigenvalue weighted by Gasteiger charge is -2.06. The quantitative estimate of drug-likeness (QED) is 0.513. The highest BCUT2D eigenvalue weighted by Crippen LogP contribution is 2.24. The van der Waals surface area contributed by atoms with Crippen LogP contribution in [-0.2, 0) is 9.53 Å². The number of furan rings is 1. The molecule has 0 saturated carbocycles. The Balaban J connectivity index is 2.22. The maximum Gasteiger partial charge on any atom is 0.337 e.